The van der Waals surface area contributed by atoms with Crippen molar-refractivity contribution in [2.75, 3.05) is 12.8 Å². The van der Waals surface area contributed by atoms with E-state index >= 15 is 0 Å². The van der Waals surface area contributed by atoms with Gasteiger partial charge in [0, 0.05) is 16.7 Å². The molecule has 0 spiro atoms. The summed E-state index contributed by atoms with van der Waals surface area (Å²) in [6.07, 6.45) is 1.45. The number of carbonyl (C=O) groups excluding carboxylic acids is 2. The zero-order valence-corrected chi connectivity index (χ0v) is 17.5. The predicted molar refractivity (Wildman–Crippen MR) is 103 cm³/mol. The fourth-order valence-corrected chi connectivity index (χ4v) is 3.61. The van der Waals surface area contributed by atoms with Gasteiger partial charge in [-0.05, 0) is 59.8 Å². The lowest BCUT2D eigenvalue weighted by molar-refractivity contribution is -0.157. The van der Waals surface area contributed by atoms with Gasteiger partial charge in [0.1, 0.15) is 17.2 Å². The number of carbonyl (C=O) groups is 2. The summed E-state index contributed by atoms with van der Waals surface area (Å²) >= 11 is 0. The third kappa shape index (κ3) is 12.7. The molecular weight excluding hydrogens is 364 g/mol. The molecule has 0 heterocycles. The number of esters is 1. The average Bonchev–Trinajstić information content (AvgIpc) is 2.40. The molecule has 0 bridgehead atoms. The molecule has 0 fully saturated rings. The number of nitrogens with zero attached hydrogens (tertiary/aromatic N) is 3. The SMILES string of the molecule is CSSC(CN=[N+]=[N-])C[C@H](NC(=O)OC(C)(C)C)C(=O)OC(C)(C)C. The van der Waals surface area contributed by atoms with Crippen molar-refractivity contribution in [3.63, 3.8) is 0 Å². The number of rotatable bonds is 8. The second-order valence-electron chi connectivity index (χ2n) is 7.27. The maximum absolute atomic E-state index is 12.5. The van der Waals surface area contributed by atoms with Crippen LogP contribution >= 0.6 is 21.6 Å². The van der Waals surface area contributed by atoms with Crippen molar-refractivity contribution in [3.05, 3.63) is 10.4 Å². The Hall–Kier alpha value is -1.25. The van der Waals surface area contributed by atoms with Crippen LogP contribution < -0.4 is 5.32 Å². The molecule has 1 N–H and O–H groups in total. The van der Waals surface area contributed by atoms with Gasteiger partial charge in [-0.3, -0.25) is 0 Å². The van der Waals surface area contributed by atoms with Gasteiger partial charge in [-0.15, -0.1) is 0 Å². The van der Waals surface area contributed by atoms with Crippen molar-refractivity contribution < 1.29 is 19.1 Å². The van der Waals surface area contributed by atoms with Crippen LogP contribution in [0.5, 0.6) is 0 Å². The largest absolute Gasteiger partial charge is 0.458 e. The molecule has 25 heavy (non-hydrogen) atoms. The van der Waals surface area contributed by atoms with Gasteiger partial charge in [0.2, 0.25) is 0 Å². The van der Waals surface area contributed by atoms with E-state index in [0.29, 0.717) is 0 Å². The molecule has 8 nitrogen and oxygen atoms in total. The highest BCUT2D eigenvalue weighted by molar-refractivity contribution is 8.76. The van der Waals surface area contributed by atoms with E-state index in [9.17, 15) is 9.59 Å². The van der Waals surface area contributed by atoms with Crippen LogP contribution in [-0.4, -0.2) is 47.4 Å². The minimum Gasteiger partial charge on any atom is -0.458 e. The number of azide groups is 1. The smallest absolute Gasteiger partial charge is 0.408 e. The predicted octanol–water partition coefficient (Wildman–Crippen LogP) is 4.30. The summed E-state index contributed by atoms with van der Waals surface area (Å²) < 4.78 is 10.6. The third-order valence-corrected chi connectivity index (χ3v) is 4.66. The lowest BCUT2D eigenvalue weighted by atomic mass is 10.1. The van der Waals surface area contributed by atoms with Crippen LogP contribution in [0.15, 0.2) is 5.11 Å². The highest BCUT2D eigenvalue weighted by Gasteiger charge is 2.31. The van der Waals surface area contributed by atoms with E-state index in [4.69, 9.17) is 15.0 Å². The van der Waals surface area contributed by atoms with E-state index in [1.54, 1.807) is 41.5 Å². The molecule has 0 aliphatic carbocycles. The summed E-state index contributed by atoms with van der Waals surface area (Å²) in [5.41, 5.74) is 7.15. The van der Waals surface area contributed by atoms with Gasteiger partial charge in [0.15, 0.2) is 0 Å². The van der Waals surface area contributed by atoms with Crippen LogP contribution in [0.4, 0.5) is 4.79 Å². The van der Waals surface area contributed by atoms with Gasteiger partial charge in [-0.2, -0.15) is 0 Å². The first-order valence-electron chi connectivity index (χ1n) is 7.80. The second kappa shape index (κ2) is 10.7. The van der Waals surface area contributed by atoms with E-state index in [0.717, 1.165) is 0 Å². The molecule has 10 heteroatoms. The van der Waals surface area contributed by atoms with Crippen LogP contribution in [0.2, 0.25) is 0 Å². The quantitative estimate of drug-likeness (QED) is 0.216. The monoisotopic (exact) mass is 392 g/mol. The molecule has 0 aromatic heterocycles. The summed E-state index contributed by atoms with van der Waals surface area (Å²) in [6, 6.07) is -0.896. The zero-order valence-electron chi connectivity index (χ0n) is 15.9. The minimum absolute atomic E-state index is 0.154. The molecule has 0 radical (unpaired) electrons. The van der Waals surface area contributed by atoms with Crippen LogP contribution in [0.1, 0.15) is 48.0 Å². The van der Waals surface area contributed by atoms with Crippen molar-refractivity contribution in [2.45, 2.75) is 70.5 Å². The Labute approximate surface area is 157 Å². The van der Waals surface area contributed by atoms with Gasteiger partial charge >= 0.3 is 12.1 Å². The molecular formula is C15H28N4O4S2. The zero-order chi connectivity index (χ0) is 19.7. The Kier molecular flexibility index (Phi) is 10.1. The van der Waals surface area contributed by atoms with Crippen molar-refractivity contribution >= 4 is 33.7 Å². The lowest BCUT2D eigenvalue weighted by Crippen LogP contribution is -2.47. The topological polar surface area (TPSA) is 113 Å². The van der Waals surface area contributed by atoms with Crippen LogP contribution in [-0.2, 0) is 14.3 Å². The molecule has 1 amide bonds. The van der Waals surface area contributed by atoms with Gasteiger partial charge in [0.25, 0.3) is 0 Å². The van der Waals surface area contributed by atoms with Gasteiger partial charge < -0.3 is 14.8 Å². The number of ether oxygens (including phenoxy) is 2. The van der Waals surface area contributed by atoms with Gasteiger partial charge in [0.05, 0.1) is 0 Å². The molecule has 0 aliphatic rings. The Morgan fingerprint density at radius 3 is 2.16 bits per heavy atom. The van der Waals surface area contributed by atoms with Crippen molar-refractivity contribution in [1.82, 2.24) is 5.32 Å². The lowest BCUT2D eigenvalue weighted by Gasteiger charge is -2.27. The van der Waals surface area contributed by atoms with Crippen molar-refractivity contribution in [2.24, 2.45) is 5.11 Å². The summed E-state index contributed by atoms with van der Waals surface area (Å²) in [7, 11) is 2.97. The van der Waals surface area contributed by atoms with E-state index in [1.807, 2.05) is 6.26 Å². The number of nitrogens with one attached hydrogen (secondary N) is 1. The van der Waals surface area contributed by atoms with E-state index in [2.05, 4.69) is 15.3 Å². The molecule has 1 unspecified atom stereocenters. The summed E-state index contributed by atoms with van der Waals surface area (Å²) in [4.78, 5) is 27.3. The number of amides is 1. The van der Waals surface area contributed by atoms with Crippen molar-refractivity contribution in [1.29, 1.82) is 0 Å². The molecule has 0 saturated carbocycles. The number of hydrogen-bond donors (Lipinski definition) is 1. The molecule has 0 aromatic rings. The normalized spacial score (nSPS) is 14.0. The first-order valence-corrected chi connectivity index (χ1v) is 10.4. The Morgan fingerprint density at radius 1 is 1.16 bits per heavy atom. The van der Waals surface area contributed by atoms with Crippen molar-refractivity contribution in [3.8, 4) is 0 Å². The first kappa shape index (κ1) is 23.8. The fraction of sp³-hybridized carbons (Fsp3) is 0.867. The molecule has 2 atom stereocenters. The minimum atomic E-state index is -0.896. The Balaban J connectivity index is 5.18. The highest BCUT2D eigenvalue weighted by atomic mass is 33.1. The summed E-state index contributed by atoms with van der Waals surface area (Å²) in [5.74, 6) is -0.550. The Bertz CT molecular complexity index is 497. The van der Waals surface area contributed by atoms with Crippen LogP contribution in [0.3, 0.4) is 0 Å². The maximum atomic E-state index is 12.5. The molecule has 144 valence electrons. The van der Waals surface area contributed by atoms with Crippen LogP contribution in [0, 0.1) is 0 Å². The standard InChI is InChI=1S/C15H28N4O4S2/c1-14(2,3)22-12(20)11(18-13(21)23-15(4,5)6)8-10(25-24-7)9-17-19-16/h10-11H,8-9H2,1-7H3,(H,18,21)/t10?,11-/m0/s1. The highest BCUT2D eigenvalue weighted by Crippen LogP contribution is 2.28. The third-order valence-electron chi connectivity index (χ3n) is 2.46. The van der Waals surface area contributed by atoms with E-state index in [-0.39, 0.29) is 18.2 Å². The maximum Gasteiger partial charge on any atom is 0.408 e. The second-order valence-corrected chi connectivity index (χ2v) is 10.0. The number of hydrogen-bond acceptors (Lipinski definition) is 7. The molecule has 0 saturated heterocycles. The van der Waals surface area contributed by atoms with Gasteiger partial charge in [-0.25, -0.2) is 9.59 Å². The summed E-state index contributed by atoms with van der Waals surface area (Å²) in [6.45, 7) is 10.7. The molecule has 0 aromatic carbocycles. The van der Waals surface area contributed by atoms with E-state index in [1.165, 1.54) is 21.6 Å². The first-order chi connectivity index (χ1) is 11.4. The average molecular weight is 393 g/mol. The van der Waals surface area contributed by atoms with Crippen LogP contribution in [0.25, 0.3) is 10.4 Å². The molecule has 0 aliphatic heterocycles. The summed E-state index contributed by atoms with van der Waals surface area (Å²) in [5, 5.41) is 5.98. The Morgan fingerprint density at radius 2 is 1.72 bits per heavy atom. The molecule has 0 rings (SSSR count). The van der Waals surface area contributed by atoms with Gasteiger partial charge in [-0.1, -0.05) is 26.7 Å². The van der Waals surface area contributed by atoms with E-state index < -0.39 is 29.3 Å². The number of alkyl carbamates (subject to hydrolysis) is 1. The fourth-order valence-electron chi connectivity index (χ4n) is 1.71.